The van der Waals surface area contributed by atoms with Gasteiger partial charge >= 0.3 is 5.97 Å². The predicted molar refractivity (Wildman–Crippen MR) is 124 cm³/mol. The van der Waals surface area contributed by atoms with E-state index < -0.39 is 5.97 Å². The second kappa shape index (κ2) is 10.1. The highest BCUT2D eigenvalue weighted by molar-refractivity contribution is 9.10. The highest BCUT2D eigenvalue weighted by Gasteiger charge is 2.20. The third kappa shape index (κ3) is 5.42. The second-order valence-electron chi connectivity index (χ2n) is 6.40. The molecule has 0 aliphatic carbocycles. The number of rotatable bonds is 6. The van der Waals surface area contributed by atoms with Crippen molar-refractivity contribution in [3.63, 3.8) is 0 Å². The standard InChI is InChI=1S/C23H18BrCl2NO3/c1-2-30-23(29)16-6-11-20(12-7-16)27(14-17-5-10-19(25)13-21(17)26)22(28)15-3-8-18(24)9-4-15/h3-13H,2,14H2,1H3. The van der Waals surface area contributed by atoms with Crippen molar-refractivity contribution in [3.05, 3.63) is 97.9 Å². The van der Waals surface area contributed by atoms with Crippen molar-refractivity contribution in [2.24, 2.45) is 0 Å². The topological polar surface area (TPSA) is 46.6 Å². The van der Waals surface area contributed by atoms with Gasteiger partial charge in [0.05, 0.1) is 18.7 Å². The highest BCUT2D eigenvalue weighted by Crippen LogP contribution is 2.27. The van der Waals surface area contributed by atoms with Crippen molar-refractivity contribution in [2.75, 3.05) is 11.5 Å². The first-order valence-corrected chi connectivity index (χ1v) is 10.7. The number of benzene rings is 3. The summed E-state index contributed by atoms with van der Waals surface area (Å²) in [6, 6.07) is 19.0. The zero-order valence-electron chi connectivity index (χ0n) is 16.1. The third-order valence-electron chi connectivity index (χ3n) is 4.37. The van der Waals surface area contributed by atoms with Crippen molar-refractivity contribution in [1.82, 2.24) is 0 Å². The van der Waals surface area contributed by atoms with Crippen LogP contribution in [-0.2, 0) is 11.3 Å². The fraction of sp³-hybridized carbons (Fsp3) is 0.130. The molecule has 0 spiro atoms. The van der Waals surface area contributed by atoms with Crippen LogP contribution in [0.3, 0.4) is 0 Å². The molecule has 0 aliphatic heterocycles. The van der Waals surface area contributed by atoms with Gasteiger partial charge in [-0.05, 0) is 73.2 Å². The Hall–Kier alpha value is -2.34. The van der Waals surface area contributed by atoms with Crippen molar-refractivity contribution in [1.29, 1.82) is 0 Å². The quantitative estimate of drug-likeness (QED) is 0.346. The first-order chi connectivity index (χ1) is 14.4. The molecule has 0 aromatic heterocycles. The second-order valence-corrected chi connectivity index (χ2v) is 8.16. The molecule has 0 heterocycles. The molecule has 4 nitrogen and oxygen atoms in total. The molecular weight excluding hydrogens is 489 g/mol. The van der Waals surface area contributed by atoms with Gasteiger partial charge in [0.2, 0.25) is 0 Å². The van der Waals surface area contributed by atoms with Crippen LogP contribution in [0.2, 0.25) is 10.0 Å². The number of esters is 1. The molecule has 3 rings (SSSR count). The third-order valence-corrected chi connectivity index (χ3v) is 5.49. The molecule has 0 aliphatic rings. The molecule has 1 amide bonds. The Kier molecular flexibility index (Phi) is 7.53. The fourth-order valence-electron chi connectivity index (χ4n) is 2.84. The Morgan fingerprint density at radius 3 is 2.17 bits per heavy atom. The average Bonchev–Trinajstić information content (AvgIpc) is 2.74. The van der Waals surface area contributed by atoms with Crippen molar-refractivity contribution < 1.29 is 14.3 Å². The predicted octanol–water partition coefficient (Wildman–Crippen LogP) is 6.78. The number of hydrogen-bond acceptors (Lipinski definition) is 3. The summed E-state index contributed by atoms with van der Waals surface area (Å²) in [4.78, 5) is 26.9. The summed E-state index contributed by atoms with van der Waals surface area (Å²) < 4.78 is 5.90. The van der Waals surface area contributed by atoms with E-state index in [1.165, 1.54) is 0 Å². The zero-order chi connectivity index (χ0) is 21.7. The summed E-state index contributed by atoms with van der Waals surface area (Å²) >= 11 is 15.7. The van der Waals surface area contributed by atoms with Crippen LogP contribution in [0.4, 0.5) is 5.69 Å². The first-order valence-electron chi connectivity index (χ1n) is 9.17. The minimum Gasteiger partial charge on any atom is -0.462 e. The average molecular weight is 507 g/mol. The fourth-order valence-corrected chi connectivity index (χ4v) is 3.57. The molecule has 3 aromatic carbocycles. The Morgan fingerprint density at radius 2 is 1.57 bits per heavy atom. The van der Waals surface area contributed by atoms with Crippen LogP contribution in [0.5, 0.6) is 0 Å². The molecule has 3 aromatic rings. The summed E-state index contributed by atoms with van der Waals surface area (Å²) in [5.41, 5.74) is 2.32. The molecule has 0 saturated heterocycles. The molecule has 154 valence electrons. The van der Waals surface area contributed by atoms with Gasteiger partial charge in [-0.15, -0.1) is 0 Å². The molecule has 30 heavy (non-hydrogen) atoms. The molecule has 0 unspecified atom stereocenters. The monoisotopic (exact) mass is 505 g/mol. The number of carbonyl (C=O) groups is 2. The number of hydrogen-bond donors (Lipinski definition) is 0. The molecule has 0 radical (unpaired) electrons. The maximum atomic E-state index is 13.3. The lowest BCUT2D eigenvalue weighted by atomic mass is 10.1. The Labute approximate surface area is 193 Å². The summed E-state index contributed by atoms with van der Waals surface area (Å²) in [6.45, 7) is 2.29. The van der Waals surface area contributed by atoms with Crippen LogP contribution < -0.4 is 4.90 Å². The molecule has 0 saturated carbocycles. The maximum Gasteiger partial charge on any atom is 0.338 e. The lowest BCUT2D eigenvalue weighted by Gasteiger charge is -2.24. The maximum absolute atomic E-state index is 13.3. The van der Waals surface area contributed by atoms with E-state index in [1.54, 1.807) is 66.4 Å². The molecule has 0 fully saturated rings. The summed E-state index contributed by atoms with van der Waals surface area (Å²) in [7, 11) is 0. The van der Waals surface area contributed by atoms with E-state index >= 15 is 0 Å². The van der Waals surface area contributed by atoms with Gasteiger partial charge in [-0.25, -0.2) is 4.79 Å². The summed E-state index contributed by atoms with van der Waals surface area (Å²) in [6.07, 6.45) is 0. The minimum absolute atomic E-state index is 0.197. The normalized spacial score (nSPS) is 10.5. The number of ether oxygens (including phenoxy) is 1. The Balaban J connectivity index is 1.97. The van der Waals surface area contributed by atoms with Crippen LogP contribution in [-0.4, -0.2) is 18.5 Å². The van der Waals surface area contributed by atoms with E-state index in [0.29, 0.717) is 33.5 Å². The zero-order valence-corrected chi connectivity index (χ0v) is 19.2. The van der Waals surface area contributed by atoms with Crippen molar-refractivity contribution in [3.8, 4) is 0 Å². The van der Waals surface area contributed by atoms with Crippen LogP contribution in [0, 0.1) is 0 Å². The number of halogens is 3. The van der Waals surface area contributed by atoms with Crippen LogP contribution in [0.1, 0.15) is 33.2 Å². The number of anilines is 1. The van der Waals surface area contributed by atoms with Crippen LogP contribution in [0.15, 0.2) is 71.2 Å². The summed E-state index contributed by atoms with van der Waals surface area (Å²) in [5.74, 6) is -0.604. The van der Waals surface area contributed by atoms with Gasteiger partial charge in [0.1, 0.15) is 0 Å². The van der Waals surface area contributed by atoms with Gasteiger partial charge in [0.25, 0.3) is 5.91 Å². The Morgan fingerprint density at radius 1 is 0.933 bits per heavy atom. The molecular formula is C23H18BrCl2NO3. The van der Waals surface area contributed by atoms with Gasteiger partial charge in [0, 0.05) is 25.8 Å². The molecule has 7 heteroatoms. The first kappa shape index (κ1) is 22.3. The Bertz CT molecular complexity index is 1050. The summed E-state index contributed by atoms with van der Waals surface area (Å²) in [5, 5.41) is 0.993. The van der Waals surface area contributed by atoms with Crippen LogP contribution >= 0.6 is 39.1 Å². The van der Waals surface area contributed by atoms with Crippen molar-refractivity contribution in [2.45, 2.75) is 13.5 Å². The van der Waals surface area contributed by atoms with Gasteiger partial charge in [-0.2, -0.15) is 0 Å². The van der Waals surface area contributed by atoms with Gasteiger partial charge in [-0.3, -0.25) is 4.79 Å². The number of amides is 1. The van der Waals surface area contributed by atoms with Gasteiger partial charge < -0.3 is 9.64 Å². The molecule has 0 atom stereocenters. The SMILES string of the molecule is CCOC(=O)c1ccc(N(Cc2ccc(Cl)cc2Cl)C(=O)c2ccc(Br)cc2)cc1. The largest absolute Gasteiger partial charge is 0.462 e. The van der Waals surface area contributed by atoms with E-state index in [4.69, 9.17) is 27.9 Å². The minimum atomic E-state index is -0.407. The van der Waals surface area contributed by atoms with Crippen molar-refractivity contribution >= 4 is 56.7 Å². The number of nitrogens with zero attached hydrogens (tertiary/aromatic N) is 1. The highest BCUT2D eigenvalue weighted by atomic mass is 79.9. The van der Waals surface area contributed by atoms with Crippen LogP contribution in [0.25, 0.3) is 0 Å². The van der Waals surface area contributed by atoms with Gasteiger partial charge in [-0.1, -0.05) is 45.2 Å². The number of carbonyl (C=O) groups excluding carboxylic acids is 2. The van der Waals surface area contributed by atoms with E-state index in [1.807, 2.05) is 12.1 Å². The van der Waals surface area contributed by atoms with E-state index in [2.05, 4.69) is 15.9 Å². The van der Waals surface area contributed by atoms with Gasteiger partial charge in [0.15, 0.2) is 0 Å². The molecule has 0 N–H and O–H groups in total. The smallest absolute Gasteiger partial charge is 0.338 e. The van der Waals surface area contributed by atoms with E-state index in [-0.39, 0.29) is 12.5 Å². The van der Waals surface area contributed by atoms with E-state index in [9.17, 15) is 9.59 Å². The van der Waals surface area contributed by atoms with E-state index in [0.717, 1.165) is 10.0 Å². The lowest BCUT2D eigenvalue weighted by Crippen LogP contribution is -2.30. The lowest BCUT2D eigenvalue weighted by molar-refractivity contribution is 0.0526. The molecule has 0 bridgehead atoms.